The number of ether oxygens (including phenoxy) is 2. The predicted octanol–water partition coefficient (Wildman–Crippen LogP) is 4.74. The largest absolute Gasteiger partial charge is 0.497 e. The molecule has 1 amide bonds. The topological polar surface area (TPSA) is 56.1 Å². The number of amidine groups is 1. The first-order valence-corrected chi connectivity index (χ1v) is 10.7. The number of nitrogens with zero attached hydrogens (tertiary/aromatic N) is 3. The van der Waals surface area contributed by atoms with Crippen LogP contribution in [-0.2, 0) is 9.53 Å². The highest BCUT2D eigenvalue weighted by molar-refractivity contribution is 8.18. The second-order valence-electron chi connectivity index (χ2n) is 6.84. The van der Waals surface area contributed by atoms with E-state index in [4.69, 9.17) is 9.47 Å². The van der Waals surface area contributed by atoms with Gasteiger partial charge in [0.2, 0.25) is 0 Å². The van der Waals surface area contributed by atoms with Gasteiger partial charge in [-0.1, -0.05) is 18.2 Å². The van der Waals surface area contributed by atoms with Crippen LogP contribution in [0.4, 0.5) is 5.69 Å². The van der Waals surface area contributed by atoms with E-state index in [1.54, 1.807) is 19.1 Å². The fraction of sp³-hybridized carbons (Fsp3) is 0.167. The number of benzene rings is 2. The van der Waals surface area contributed by atoms with E-state index in [0.29, 0.717) is 23.2 Å². The van der Waals surface area contributed by atoms with Crippen molar-refractivity contribution in [3.05, 3.63) is 83.5 Å². The summed E-state index contributed by atoms with van der Waals surface area (Å²) in [5.41, 5.74) is 2.77. The summed E-state index contributed by atoms with van der Waals surface area (Å²) in [7, 11) is 3.27. The molecule has 1 aliphatic rings. The molecule has 1 fully saturated rings. The zero-order valence-electron chi connectivity index (χ0n) is 17.4. The number of hydrogen-bond acceptors (Lipinski definition) is 5. The van der Waals surface area contributed by atoms with Crippen LogP contribution >= 0.6 is 11.8 Å². The smallest absolute Gasteiger partial charge is 0.266 e. The van der Waals surface area contributed by atoms with Gasteiger partial charge >= 0.3 is 0 Å². The molecule has 0 radical (unpaired) electrons. The minimum atomic E-state index is -0.0612. The summed E-state index contributed by atoms with van der Waals surface area (Å²) in [4.78, 5) is 20.0. The van der Waals surface area contributed by atoms with Crippen molar-refractivity contribution in [1.29, 1.82) is 0 Å². The SMILES string of the molecule is COCCN1C(=O)/C(=C\c2ccn(-c3ccc(OC)cc3)c2)SC1=Nc1ccccc1. The standard InChI is InChI=1S/C24H23N3O3S/c1-29-15-14-27-23(28)22(31-24(27)25-19-6-4-3-5-7-19)16-18-12-13-26(17-18)20-8-10-21(30-2)11-9-20/h3-13,16-17H,14-15H2,1-2H3/b22-16+,25-24?. The Morgan fingerprint density at radius 1 is 1.03 bits per heavy atom. The molecule has 1 aliphatic heterocycles. The summed E-state index contributed by atoms with van der Waals surface area (Å²) in [6, 6.07) is 19.4. The highest BCUT2D eigenvalue weighted by Crippen LogP contribution is 2.34. The van der Waals surface area contributed by atoms with E-state index >= 15 is 0 Å². The maximum Gasteiger partial charge on any atom is 0.266 e. The summed E-state index contributed by atoms with van der Waals surface area (Å²) < 4.78 is 12.4. The first kappa shape index (κ1) is 21.0. The van der Waals surface area contributed by atoms with Crippen molar-refractivity contribution in [2.24, 2.45) is 4.99 Å². The number of para-hydroxylation sites is 1. The van der Waals surface area contributed by atoms with Crippen LogP contribution in [0.5, 0.6) is 5.75 Å². The van der Waals surface area contributed by atoms with Gasteiger partial charge in [-0.2, -0.15) is 0 Å². The first-order chi connectivity index (χ1) is 15.2. The highest BCUT2D eigenvalue weighted by atomic mass is 32.2. The van der Waals surface area contributed by atoms with Crippen LogP contribution < -0.4 is 4.74 Å². The number of methoxy groups -OCH3 is 2. The number of carbonyl (C=O) groups is 1. The van der Waals surface area contributed by atoms with Gasteiger partial charge in [-0.05, 0) is 65.9 Å². The molecule has 0 bridgehead atoms. The van der Waals surface area contributed by atoms with Crippen LogP contribution in [0, 0.1) is 0 Å². The molecule has 4 rings (SSSR count). The molecule has 0 unspecified atom stereocenters. The van der Waals surface area contributed by atoms with Crippen molar-refractivity contribution in [1.82, 2.24) is 9.47 Å². The zero-order valence-corrected chi connectivity index (χ0v) is 18.2. The Labute approximate surface area is 185 Å². The highest BCUT2D eigenvalue weighted by Gasteiger charge is 2.33. The Morgan fingerprint density at radius 2 is 1.81 bits per heavy atom. The number of amides is 1. The van der Waals surface area contributed by atoms with E-state index in [9.17, 15) is 4.79 Å². The molecule has 31 heavy (non-hydrogen) atoms. The van der Waals surface area contributed by atoms with Crippen molar-refractivity contribution >= 4 is 34.6 Å². The quantitative estimate of drug-likeness (QED) is 0.505. The summed E-state index contributed by atoms with van der Waals surface area (Å²) in [5, 5.41) is 0.661. The van der Waals surface area contributed by atoms with E-state index in [1.807, 2.05) is 83.7 Å². The monoisotopic (exact) mass is 433 g/mol. The van der Waals surface area contributed by atoms with Gasteiger partial charge in [-0.3, -0.25) is 9.69 Å². The maximum atomic E-state index is 13.0. The maximum absolute atomic E-state index is 13.0. The number of carbonyl (C=O) groups excluding carboxylic acids is 1. The van der Waals surface area contributed by atoms with E-state index in [1.165, 1.54) is 11.8 Å². The van der Waals surface area contributed by atoms with Gasteiger partial charge in [0.25, 0.3) is 5.91 Å². The van der Waals surface area contributed by atoms with Crippen LogP contribution in [0.1, 0.15) is 5.56 Å². The summed E-state index contributed by atoms with van der Waals surface area (Å²) >= 11 is 1.38. The molecule has 0 atom stereocenters. The third-order valence-corrected chi connectivity index (χ3v) is 5.78. The van der Waals surface area contributed by atoms with Crippen LogP contribution in [0.15, 0.2) is 83.0 Å². The molecule has 1 aromatic heterocycles. The summed E-state index contributed by atoms with van der Waals surface area (Å²) in [5.74, 6) is 0.751. The third kappa shape index (κ3) is 4.90. The lowest BCUT2D eigenvalue weighted by molar-refractivity contribution is -0.122. The van der Waals surface area contributed by atoms with Gasteiger partial charge in [0.15, 0.2) is 5.17 Å². The van der Waals surface area contributed by atoms with E-state index in [-0.39, 0.29) is 5.91 Å². The Kier molecular flexibility index (Phi) is 6.54. The van der Waals surface area contributed by atoms with Gasteiger partial charge < -0.3 is 14.0 Å². The van der Waals surface area contributed by atoms with Gasteiger partial charge in [-0.25, -0.2) is 4.99 Å². The molecule has 3 aromatic rings. The lowest BCUT2D eigenvalue weighted by Crippen LogP contribution is -2.32. The van der Waals surface area contributed by atoms with Crippen LogP contribution in [0.25, 0.3) is 11.8 Å². The van der Waals surface area contributed by atoms with Crippen molar-refractivity contribution < 1.29 is 14.3 Å². The van der Waals surface area contributed by atoms with E-state index < -0.39 is 0 Å². The Balaban J connectivity index is 1.59. The number of aromatic nitrogens is 1. The number of hydrogen-bond donors (Lipinski definition) is 0. The molecule has 158 valence electrons. The lowest BCUT2D eigenvalue weighted by atomic mass is 10.3. The van der Waals surface area contributed by atoms with Gasteiger partial charge in [0.1, 0.15) is 5.75 Å². The fourth-order valence-corrected chi connectivity index (χ4v) is 4.17. The normalized spacial score (nSPS) is 16.5. The molecule has 1 saturated heterocycles. The molecule has 7 heteroatoms. The van der Waals surface area contributed by atoms with Crippen molar-refractivity contribution in [3.63, 3.8) is 0 Å². The Hall–Kier alpha value is -3.29. The number of aliphatic imine (C=N–C) groups is 1. The fourth-order valence-electron chi connectivity index (χ4n) is 3.15. The van der Waals surface area contributed by atoms with Crippen molar-refractivity contribution in [2.75, 3.05) is 27.4 Å². The van der Waals surface area contributed by atoms with E-state index in [0.717, 1.165) is 22.7 Å². The number of rotatable bonds is 7. The van der Waals surface area contributed by atoms with Crippen LogP contribution in [0.3, 0.4) is 0 Å². The zero-order chi connectivity index (χ0) is 21.6. The van der Waals surface area contributed by atoms with Crippen LogP contribution in [-0.4, -0.2) is 47.9 Å². The Morgan fingerprint density at radius 3 is 2.52 bits per heavy atom. The average molecular weight is 434 g/mol. The lowest BCUT2D eigenvalue weighted by Gasteiger charge is -2.14. The minimum absolute atomic E-state index is 0.0612. The second-order valence-corrected chi connectivity index (χ2v) is 7.85. The van der Waals surface area contributed by atoms with Crippen molar-refractivity contribution in [2.45, 2.75) is 0 Å². The summed E-state index contributed by atoms with van der Waals surface area (Å²) in [6.45, 7) is 0.902. The molecule has 2 aromatic carbocycles. The van der Waals surface area contributed by atoms with E-state index in [2.05, 4.69) is 4.99 Å². The molecular formula is C24H23N3O3S. The predicted molar refractivity (Wildman–Crippen MR) is 125 cm³/mol. The molecule has 6 nitrogen and oxygen atoms in total. The summed E-state index contributed by atoms with van der Waals surface area (Å²) in [6.07, 6.45) is 5.87. The first-order valence-electron chi connectivity index (χ1n) is 9.84. The van der Waals surface area contributed by atoms with Gasteiger partial charge in [0, 0.05) is 25.2 Å². The third-order valence-electron chi connectivity index (χ3n) is 4.77. The van der Waals surface area contributed by atoms with Crippen LogP contribution in [0.2, 0.25) is 0 Å². The minimum Gasteiger partial charge on any atom is -0.497 e. The molecule has 0 N–H and O–H groups in total. The molecule has 2 heterocycles. The Bertz CT molecular complexity index is 1100. The van der Waals surface area contributed by atoms with Gasteiger partial charge in [0.05, 0.1) is 30.9 Å². The molecular weight excluding hydrogens is 410 g/mol. The van der Waals surface area contributed by atoms with Gasteiger partial charge in [-0.15, -0.1) is 0 Å². The average Bonchev–Trinajstić information content (AvgIpc) is 3.38. The molecule has 0 spiro atoms. The number of thioether (sulfide) groups is 1. The molecule has 0 aliphatic carbocycles. The van der Waals surface area contributed by atoms with Crippen molar-refractivity contribution in [3.8, 4) is 11.4 Å². The molecule has 0 saturated carbocycles. The second kappa shape index (κ2) is 9.68.